The molecular weight excluding hydrogens is 318 g/mol. The number of carbonyl (C=O) groups excluding carboxylic acids is 2. The van der Waals surface area contributed by atoms with E-state index in [9.17, 15) is 9.59 Å². The molecule has 0 aromatic carbocycles. The molecule has 5 heteroatoms. The van der Waals surface area contributed by atoms with Crippen molar-refractivity contribution in [3.05, 3.63) is 46.7 Å². The van der Waals surface area contributed by atoms with Gasteiger partial charge in [-0.2, -0.15) is 0 Å². The van der Waals surface area contributed by atoms with E-state index in [4.69, 9.17) is 9.15 Å². The maximum Gasteiger partial charge on any atom is 0.355 e. The molecule has 132 valence electrons. The molecule has 0 unspecified atom stereocenters. The molecule has 0 amide bonds. The summed E-state index contributed by atoms with van der Waals surface area (Å²) in [6.45, 7) is 1.83. The molecule has 0 saturated heterocycles. The molecular formula is C20H23NO4. The molecule has 1 atom stereocenters. The van der Waals surface area contributed by atoms with E-state index in [1.807, 2.05) is 19.1 Å². The number of hydrogen-bond acceptors (Lipinski definition) is 4. The third-order valence-corrected chi connectivity index (χ3v) is 5.46. The lowest BCUT2D eigenvalue weighted by Gasteiger charge is -2.21. The average molecular weight is 341 g/mol. The Hall–Kier alpha value is -2.30. The molecule has 2 aliphatic rings. The minimum atomic E-state index is -0.332. The highest BCUT2D eigenvalue weighted by molar-refractivity contribution is 6.03. The Morgan fingerprint density at radius 2 is 2.04 bits per heavy atom. The predicted octanol–water partition coefficient (Wildman–Crippen LogP) is 4.32. The molecule has 2 aliphatic carbocycles. The Morgan fingerprint density at radius 1 is 1.24 bits per heavy atom. The summed E-state index contributed by atoms with van der Waals surface area (Å²) in [6, 6.07) is 3.74. The number of furan rings is 1. The molecule has 0 radical (unpaired) electrons. The fraction of sp³-hybridized carbons (Fsp3) is 0.500. The van der Waals surface area contributed by atoms with Gasteiger partial charge in [0.05, 0.1) is 6.26 Å². The van der Waals surface area contributed by atoms with Crippen molar-refractivity contribution in [2.24, 2.45) is 0 Å². The highest BCUT2D eigenvalue weighted by Crippen LogP contribution is 2.35. The second kappa shape index (κ2) is 6.54. The lowest BCUT2D eigenvalue weighted by molar-refractivity contribution is 0.0204. The summed E-state index contributed by atoms with van der Waals surface area (Å²) in [5, 5.41) is 0. The second-order valence-electron chi connectivity index (χ2n) is 7.19. The van der Waals surface area contributed by atoms with E-state index >= 15 is 0 Å². The standard InChI is InChI=1S/C20H23NO4/c1-12-18-15(10-13(11-16(18)22)17-8-5-9-24-17)21-19(12)20(23)25-14-6-3-2-4-7-14/h5,8-9,13-14,21H,2-4,6-7,10-11H2,1H3/t13-/m1/s1. The van der Waals surface area contributed by atoms with Gasteiger partial charge in [0.15, 0.2) is 5.78 Å². The fourth-order valence-corrected chi connectivity index (χ4v) is 4.16. The second-order valence-corrected chi connectivity index (χ2v) is 7.19. The molecule has 25 heavy (non-hydrogen) atoms. The topological polar surface area (TPSA) is 72.3 Å². The molecule has 5 nitrogen and oxygen atoms in total. The third kappa shape index (κ3) is 3.03. The van der Waals surface area contributed by atoms with Gasteiger partial charge in [0.1, 0.15) is 17.6 Å². The first-order valence-corrected chi connectivity index (χ1v) is 9.12. The van der Waals surface area contributed by atoms with Crippen LogP contribution in [0.4, 0.5) is 0 Å². The van der Waals surface area contributed by atoms with E-state index in [-0.39, 0.29) is 23.8 Å². The summed E-state index contributed by atoms with van der Waals surface area (Å²) in [5.74, 6) is 0.571. The first kappa shape index (κ1) is 16.2. The highest BCUT2D eigenvalue weighted by atomic mass is 16.5. The quantitative estimate of drug-likeness (QED) is 0.844. The van der Waals surface area contributed by atoms with Crippen LogP contribution in [0.5, 0.6) is 0 Å². The zero-order valence-corrected chi connectivity index (χ0v) is 14.5. The third-order valence-electron chi connectivity index (χ3n) is 5.46. The van der Waals surface area contributed by atoms with Crippen molar-refractivity contribution >= 4 is 11.8 Å². The normalized spacial score (nSPS) is 21.2. The maximum atomic E-state index is 12.6. The molecule has 1 fully saturated rings. The van der Waals surface area contributed by atoms with Crippen LogP contribution >= 0.6 is 0 Å². The van der Waals surface area contributed by atoms with Gasteiger partial charge in [-0.15, -0.1) is 0 Å². The molecule has 2 aromatic rings. The monoisotopic (exact) mass is 341 g/mol. The van der Waals surface area contributed by atoms with Gasteiger partial charge in [0.2, 0.25) is 0 Å². The van der Waals surface area contributed by atoms with E-state index < -0.39 is 0 Å². The molecule has 2 aromatic heterocycles. The number of rotatable bonds is 3. The van der Waals surface area contributed by atoms with E-state index in [1.54, 1.807) is 6.26 Å². The van der Waals surface area contributed by atoms with E-state index in [0.717, 1.165) is 42.7 Å². The van der Waals surface area contributed by atoms with Crippen molar-refractivity contribution in [3.8, 4) is 0 Å². The van der Waals surface area contributed by atoms with Gasteiger partial charge in [0, 0.05) is 23.6 Å². The Balaban J connectivity index is 1.56. The van der Waals surface area contributed by atoms with Gasteiger partial charge in [-0.25, -0.2) is 4.79 Å². The number of fused-ring (bicyclic) bond motifs is 1. The smallest absolute Gasteiger partial charge is 0.355 e. The minimum absolute atomic E-state index is 0.00699. The minimum Gasteiger partial charge on any atom is -0.469 e. The number of Topliss-reactive ketones (excluding diaryl/α,β-unsaturated/α-hetero) is 1. The average Bonchev–Trinajstić information content (AvgIpc) is 3.24. The van der Waals surface area contributed by atoms with Crippen molar-refractivity contribution < 1.29 is 18.7 Å². The maximum absolute atomic E-state index is 12.6. The zero-order chi connectivity index (χ0) is 17.4. The van der Waals surface area contributed by atoms with Crippen LogP contribution in [0.3, 0.4) is 0 Å². The van der Waals surface area contributed by atoms with Crippen LogP contribution in [0.1, 0.15) is 82.3 Å². The summed E-state index contributed by atoms with van der Waals surface area (Å²) < 4.78 is 11.1. The Labute approximate surface area is 146 Å². The van der Waals surface area contributed by atoms with Crippen molar-refractivity contribution in [1.29, 1.82) is 0 Å². The number of carbonyl (C=O) groups is 2. The first-order valence-electron chi connectivity index (χ1n) is 9.12. The number of aromatic nitrogens is 1. The predicted molar refractivity (Wildman–Crippen MR) is 91.9 cm³/mol. The molecule has 1 N–H and O–H groups in total. The number of ketones is 1. The van der Waals surface area contributed by atoms with E-state index in [1.165, 1.54) is 6.42 Å². The molecule has 1 saturated carbocycles. The lowest BCUT2D eigenvalue weighted by atomic mass is 9.84. The zero-order valence-electron chi connectivity index (χ0n) is 14.5. The van der Waals surface area contributed by atoms with Gasteiger partial charge >= 0.3 is 5.97 Å². The molecule has 0 aliphatic heterocycles. The van der Waals surface area contributed by atoms with Crippen LogP contribution in [0, 0.1) is 6.92 Å². The molecule has 4 rings (SSSR count). The summed E-state index contributed by atoms with van der Waals surface area (Å²) in [5.41, 5.74) is 2.65. The largest absolute Gasteiger partial charge is 0.469 e. The van der Waals surface area contributed by atoms with Gasteiger partial charge in [0.25, 0.3) is 0 Å². The lowest BCUT2D eigenvalue weighted by Crippen LogP contribution is -2.21. The van der Waals surface area contributed by atoms with Crippen LogP contribution in [0.2, 0.25) is 0 Å². The Kier molecular flexibility index (Phi) is 4.24. The summed E-state index contributed by atoms with van der Waals surface area (Å²) in [6.07, 6.45) is 8.03. The van der Waals surface area contributed by atoms with Crippen LogP contribution in [-0.4, -0.2) is 22.8 Å². The van der Waals surface area contributed by atoms with E-state index in [0.29, 0.717) is 24.1 Å². The number of esters is 1. The van der Waals surface area contributed by atoms with E-state index in [2.05, 4.69) is 4.98 Å². The Bertz CT molecular complexity index is 781. The Morgan fingerprint density at radius 3 is 2.76 bits per heavy atom. The summed E-state index contributed by atoms with van der Waals surface area (Å²) in [4.78, 5) is 28.4. The molecule has 0 bridgehead atoms. The van der Waals surface area contributed by atoms with Crippen molar-refractivity contribution in [2.45, 2.75) is 63.9 Å². The first-order chi connectivity index (χ1) is 12.1. The van der Waals surface area contributed by atoms with Crippen LogP contribution in [0.25, 0.3) is 0 Å². The highest BCUT2D eigenvalue weighted by Gasteiger charge is 2.33. The summed E-state index contributed by atoms with van der Waals surface area (Å²) >= 11 is 0. The number of H-pyrrole nitrogens is 1. The fourth-order valence-electron chi connectivity index (χ4n) is 4.16. The number of ether oxygens (including phenoxy) is 1. The van der Waals surface area contributed by atoms with Gasteiger partial charge < -0.3 is 14.1 Å². The molecule has 2 heterocycles. The van der Waals surface area contributed by atoms with Crippen LogP contribution < -0.4 is 0 Å². The van der Waals surface area contributed by atoms with Crippen LogP contribution in [0.15, 0.2) is 22.8 Å². The number of hydrogen-bond donors (Lipinski definition) is 1. The SMILES string of the molecule is Cc1c(C(=O)OC2CCCCC2)[nH]c2c1C(=O)C[C@H](c1ccco1)C2. The van der Waals surface area contributed by atoms with Crippen molar-refractivity contribution in [3.63, 3.8) is 0 Å². The number of aromatic amines is 1. The summed E-state index contributed by atoms with van der Waals surface area (Å²) in [7, 11) is 0. The molecule has 0 spiro atoms. The van der Waals surface area contributed by atoms with Crippen molar-refractivity contribution in [2.75, 3.05) is 0 Å². The van der Waals surface area contributed by atoms with Gasteiger partial charge in [-0.05, 0) is 56.7 Å². The van der Waals surface area contributed by atoms with Gasteiger partial charge in [-0.1, -0.05) is 6.42 Å². The van der Waals surface area contributed by atoms with Gasteiger partial charge in [-0.3, -0.25) is 4.79 Å². The van der Waals surface area contributed by atoms with Crippen molar-refractivity contribution in [1.82, 2.24) is 4.98 Å². The van der Waals surface area contributed by atoms with Crippen LogP contribution in [-0.2, 0) is 11.2 Å². The number of nitrogens with one attached hydrogen (secondary N) is 1.